The van der Waals surface area contributed by atoms with Crippen LogP contribution in [0.25, 0.3) is 10.9 Å². The van der Waals surface area contributed by atoms with E-state index in [4.69, 9.17) is 10.5 Å². The van der Waals surface area contributed by atoms with Crippen molar-refractivity contribution in [2.45, 2.75) is 25.8 Å². The number of nitrogens with two attached hydrogens (primary N) is 1. The Kier molecular flexibility index (Phi) is 2.14. The van der Waals surface area contributed by atoms with Crippen molar-refractivity contribution in [3.05, 3.63) is 29.5 Å². The minimum Gasteiger partial charge on any atom is -0.494 e. The van der Waals surface area contributed by atoms with Crippen molar-refractivity contribution >= 4 is 10.9 Å². The lowest BCUT2D eigenvalue weighted by atomic mass is 9.89. The van der Waals surface area contributed by atoms with Gasteiger partial charge in [-0.1, -0.05) is 0 Å². The van der Waals surface area contributed by atoms with Gasteiger partial charge >= 0.3 is 0 Å². The van der Waals surface area contributed by atoms with E-state index in [1.54, 1.807) is 0 Å². The van der Waals surface area contributed by atoms with Crippen molar-refractivity contribution in [2.75, 3.05) is 6.61 Å². The maximum Gasteiger partial charge on any atom is 0.124 e. The summed E-state index contributed by atoms with van der Waals surface area (Å²) in [6.45, 7) is 2.69. The monoisotopic (exact) mass is 216 g/mol. The molecule has 1 aliphatic carbocycles. The number of rotatable bonds is 2. The van der Waals surface area contributed by atoms with Gasteiger partial charge < -0.3 is 15.5 Å². The molecule has 0 fully saturated rings. The van der Waals surface area contributed by atoms with Crippen molar-refractivity contribution in [1.29, 1.82) is 0 Å². The number of benzene rings is 1. The van der Waals surface area contributed by atoms with E-state index in [0.717, 1.165) is 18.6 Å². The zero-order valence-electron chi connectivity index (χ0n) is 9.42. The largest absolute Gasteiger partial charge is 0.494 e. The molecule has 0 bridgehead atoms. The molecule has 1 heterocycles. The molecular weight excluding hydrogens is 200 g/mol. The van der Waals surface area contributed by atoms with E-state index in [1.807, 2.05) is 13.0 Å². The molecule has 3 nitrogen and oxygen atoms in total. The average molecular weight is 216 g/mol. The van der Waals surface area contributed by atoms with Crippen molar-refractivity contribution in [1.82, 2.24) is 4.98 Å². The third-order valence-corrected chi connectivity index (χ3v) is 3.32. The quantitative estimate of drug-likeness (QED) is 0.810. The second-order valence-electron chi connectivity index (χ2n) is 4.29. The van der Waals surface area contributed by atoms with E-state index in [-0.39, 0.29) is 6.04 Å². The Morgan fingerprint density at radius 2 is 2.38 bits per heavy atom. The highest BCUT2D eigenvalue weighted by molar-refractivity contribution is 5.90. The molecule has 1 aromatic heterocycles. The van der Waals surface area contributed by atoms with Crippen LogP contribution in [0.15, 0.2) is 18.3 Å². The van der Waals surface area contributed by atoms with Crippen LogP contribution in [-0.4, -0.2) is 11.6 Å². The minimum absolute atomic E-state index is 0.105. The van der Waals surface area contributed by atoms with Gasteiger partial charge in [-0.15, -0.1) is 0 Å². The molecule has 0 saturated carbocycles. The molecule has 0 aliphatic heterocycles. The highest BCUT2D eigenvalue weighted by Gasteiger charge is 2.23. The second-order valence-corrected chi connectivity index (χ2v) is 4.29. The SMILES string of the molecule is CCOc1ccc2[nH]cc3c2c1C(N)CC3. The second kappa shape index (κ2) is 3.52. The molecule has 3 heteroatoms. The third kappa shape index (κ3) is 1.25. The minimum atomic E-state index is 0.105. The Morgan fingerprint density at radius 1 is 1.50 bits per heavy atom. The van der Waals surface area contributed by atoms with E-state index < -0.39 is 0 Å². The van der Waals surface area contributed by atoms with E-state index in [0.29, 0.717) is 6.61 Å². The molecule has 16 heavy (non-hydrogen) atoms. The smallest absolute Gasteiger partial charge is 0.124 e. The fourth-order valence-corrected chi connectivity index (χ4v) is 2.61. The van der Waals surface area contributed by atoms with Gasteiger partial charge in [0.2, 0.25) is 0 Å². The molecule has 3 rings (SSSR count). The molecule has 0 saturated heterocycles. The molecule has 1 aliphatic rings. The summed E-state index contributed by atoms with van der Waals surface area (Å²) in [5.74, 6) is 0.947. The fraction of sp³-hybridized carbons (Fsp3) is 0.385. The summed E-state index contributed by atoms with van der Waals surface area (Å²) in [5.41, 5.74) is 9.92. The Morgan fingerprint density at radius 3 is 3.19 bits per heavy atom. The predicted molar refractivity (Wildman–Crippen MR) is 64.7 cm³/mol. The van der Waals surface area contributed by atoms with Crippen LogP contribution in [0.3, 0.4) is 0 Å². The lowest BCUT2D eigenvalue weighted by Gasteiger charge is -2.22. The van der Waals surface area contributed by atoms with E-state index in [1.165, 1.54) is 22.0 Å². The Labute approximate surface area is 94.6 Å². The number of hydrogen-bond donors (Lipinski definition) is 2. The number of aromatic amines is 1. The van der Waals surface area contributed by atoms with Gasteiger partial charge in [-0.05, 0) is 37.5 Å². The normalized spacial score (nSPS) is 19.0. The average Bonchev–Trinajstić information content (AvgIpc) is 2.70. The first-order valence-electron chi connectivity index (χ1n) is 5.82. The Hall–Kier alpha value is -1.48. The first-order valence-corrected chi connectivity index (χ1v) is 5.82. The topological polar surface area (TPSA) is 51.0 Å². The van der Waals surface area contributed by atoms with Crippen molar-refractivity contribution in [2.24, 2.45) is 5.73 Å². The molecule has 1 atom stereocenters. The summed E-state index contributed by atoms with van der Waals surface area (Å²) in [4.78, 5) is 3.30. The first-order chi connectivity index (χ1) is 7.81. The summed E-state index contributed by atoms with van der Waals surface area (Å²) < 4.78 is 5.67. The van der Waals surface area contributed by atoms with Crippen molar-refractivity contribution in [3.63, 3.8) is 0 Å². The fourth-order valence-electron chi connectivity index (χ4n) is 2.61. The molecular formula is C13H16N2O. The van der Waals surface area contributed by atoms with Crippen LogP contribution >= 0.6 is 0 Å². The van der Waals surface area contributed by atoms with Gasteiger partial charge in [0.05, 0.1) is 6.61 Å². The number of ether oxygens (including phenoxy) is 1. The highest BCUT2D eigenvalue weighted by atomic mass is 16.5. The number of aryl methyl sites for hydroxylation is 1. The molecule has 0 amide bonds. The molecule has 2 aromatic rings. The van der Waals surface area contributed by atoms with Crippen molar-refractivity contribution in [3.8, 4) is 5.75 Å². The molecule has 0 radical (unpaired) electrons. The van der Waals surface area contributed by atoms with Crippen LogP contribution in [-0.2, 0) is 6.42 Å². The molecule has 84 valence electrons. The summed E-state index contributed by atoms with van der Waals surface area (Å²) in [6.07, 6.45) is 4.16. The maximum atomic E-state index is 6.20. The van der Waals surface area contributed by atoms with E-state index in [9.17, 15) is 0 Å². The van der Waals surface area contributed by atoms with Gasteiger partial charge in [-0.3, -0.25) is 0 Å². The van der Waals surface area contributed by atoms with E-state index >= 15 is 0 Å². The standard InChI is InChI=1S/C13H16N2O/c1-2-16-11-6-5-10-12-8(7-15-10)3-4-9(14)13(11)12/h5-7,9,15H,2-4,14H2,1H3. The maximum absolute atomic E-state index is 6.20. The molecule has 1 unspecified atom stereocenters. The number of H-pyrrole nitrogens is 1. The summed E-state index contributed by atoms with van der Waals surface area (Å²) in [7, 11) is 0. The zero-order chi connectivity index (χ0) is 11.1. The van der Waals surface area contributed by atoms with Crippen LogP contribution in [0.2, 0.25) is 0 Å². The number of hydrogen-bond acceptors (Lipinski definition) is 2. The highest BCUT2D eigenvalue weighted by Crippen LogP contribution is 2.39. The molecule has 3 N–H and O–H groups in total. The lowest BCUT2D eigenvalue weighted by Crippen LogP contribution is -2.17. The summed E-state index contributed by atoms with van der Waals surface area (Å²) in [6, 6.07) is 4.20. The summed E-state index contributed by atoms with van der Waals surface area (Å²) in [5, 5.41) is 1.28. The number of aromatic nitrogens is 1. The van der Waals surface area contributed by atoms with Gasteiger partial charge in [0.25, 0.3) is 0 Å². The van der Waals surface area contributed by atoms with Crippen LogP contribution < -0.4 is 10.5 Å². The third-order valence-electron chi connectivity index (χ3n) is 3.32. The van der Waals surface area contributed by atoms with Gasteiger partial charge in [-0.2, -0.15) is 0 Å². The van der Waals surface area contributed by atoms with Crippen LogP contribution in [0, 0.1) is 0 Å². The molecule has 0 spiro atoms. The van der Waals surface area contributed by atoms with Crippen LogP contribution in [0.5, 0.6) is 5.75 Å². The Balaban J connectivity index is 2.30. The first kappa shape index (κ1) is 9.73. The van der Waals surface area contributed by atoms with Crippen molar-refractivity contribution < 1.29 is 4.74 Å². The van der Waals surface area contributed by atoms with Crippen LogP contribution in [0.1, 0.15) is 30.5 Å². The van der Waals surface area contributed by atoms with Gasteiger partial charge in [0.15, 0.2) is 0 Å². The van der Waals surface area contributed by atoms with Gasteiger partial charge in [-0.25, -0.2) is 0 Å². The van der Waals surface area contributed by atoms with E-state index in [2.05, 4.69) is 17.2 Å². The van der Waals surface area contributed by atoms with Gasteiger partial charge in [0.1, 0.15) is 5.75 Å². The van der Waals surface area contributed by atoms with Crippen LogP contribution in [0.4, 0.5) is 0 Å². The predicted octanol–water partition coefficient (Wildman–Crippen LogP) is 2.51. The van der Waals surface area contributed by atoms with Gasteiger partial charge in [0, 0.05) is 28.7 Å². The summed E-state index contributed by atoms with van der Waals surface area (Å²) >= 11 is 0. The molecule has 1 aromatic carbocycles. The Bertz CT molecular complexity index is 530. The lowest BCUT2D eigenvalue weighted by molar-refractivity contribution is 0.334. The number of nitrogens with one attached hydrogen (secondary N) is 1. The zero-order valence-corrected chi connectivity index (χ0v) is 9.42.